The molecular formula is C17H18N2O3S. The number of sulfonamides is 1. The van der Waals surface area contributed by atoms with Crippen molar-refractivity contribution in [2.45, 2.75) is 18.7 Å². The van der Waals surface area contributed by atoms with E-state index in [0.29, 0.717) is 5.69 Å². The summed E-state index contributed by atoms with van der Waals surface area (Å²) in [6.07, 6.45) is 3.08. The summed E-state index contributed by atoms with van der Waals surface area (Å²) >= 11 is 0. The quantitative estimate of drug-likeness (QED) is 0.844. The van der Waals surface area contributed by atoms with Gasteiger partial charge in [-0.1, -0.05) is 35.9 Å². The first-order chi connectivity index (χ1) is 10.8. The fourth-order valence-electron chi connectivity index (χ4n) is 1.94. The van der Waals surface area contributed by atoms with Crippen molar-refractivity contribution in [1.29, 1.82) is 0 Å². The van der Waals surface area contributed by atoms with Crippen LogP contribution >= 0.6 is 0 Å². The summed E-state index contributed by atoms with van der Waals surface area (Å²) in [5, 5.41) is 7.76. The predicted molar refractivity (Wildman–Crippen MR) is 91.4 cm³/mol. The molecule has 0 aliphatic heterocycles. The van der Waals surface area contributed by atoms with Gasteiger partial charge in [-0.05, 0) is 43.2 Å². The number of aryl methyl sites for hydroxylation is 2. The van der Waals surface area contributed by atoms with Crippen LogP contribution in [-0.2, 0) is 14.8 Å². The smallest absolute Gasteiger partial charge is 0.248 e. The van der Waals surface area contributed by atoms with E-state index in [1.54, 1.807) is 19.1 Å². The van der Waals surface area contributed by atoms with E-state index in [1.807, 2.05) is 31.2 Å². The van der Waals surface area contributed by atoms with Gasteiger partial charge >= 0.3 is 0 Å². The van der Waals surface area contributed by atoms with Gasteiger partial charge in [-0.2, -0.15) is 0 Å². The Morgan fingerprint density at radius 2 is 1.74 bits per heavy atom. The first-order valence-corrected chi connectivity index (χ1v) is 8.49. The average Bonchev–Trinajstić information content (AvgIpc) is 2.48. The van der Waals surface area contributed by atoms with Gasteiger partial charge in [-0.25, -0.2) is 13.6 Å². The molecule has 0 aromatic heterocycles. The molecule has 6 heteroatoms. The third-order valence-electron chi connectivity index (χ3n) is 3.30. The predicted octanol–water partition coefficient (Wildman–Crippen LogP) is 2.60. The Hall–Kier alpha value is -2.44. The van der Waals surface area contributed by atoms with Gasteiger partial charge in [0.25, 0.3) is 0 Å². The summed E-state index contributed by atoms with van der Waals surface area (Å²) in [6.45, 7) is 3.76. The Morgan fingerprint density at radius 1 is 1.09 bits per heavy atom. The van der Waals surface area contributed by atoms with Crippen LogP contribution in [0.25, 0.3) is 6.08 Å². The van der Waals surface area contributed by atoms with Gasteiger partial charge in [0.15, 0.2) is 0 Å². The molecule has 2 aromatic rings. The molecule has 0 atom stereocenters. The molecule has 5 nitrogen and oxygen atoms in total. The summed E-state index contributed by atoms with van der Waals surface area (Å²) in [4.78, 5) is 11.9. The van der Waals surface area contributed by atoms with Crippen molar-refractivity contribution < 1.29 is 13.2 Å². The summed E-state index contributed by atoms with van der Waals surface area (Å²) < 4.78 is 22.7. The zero-order valence-corrected chi connectivity index (χ0v) is 13.7. The molecule has 2 rings (SSSR count). The zero-order valence-electron chi connectivity index (χ0n) is 12.9. The normalized spacial score (nSPS) is 11.6. The molecule has 0 heterocycles. The van der Waals surface area contributed by atoms with Gasteiger partial charge in [-0.15, -0.1) is 0 Å². The molecule has 120 valence electrons. The second-order valence-corrected chi connectivity index (χ2v) is 6.82. The number of hydrogen-bond acceptors (Lipinski definition) is 3. The van der Waals surface area contributed by atoms with Crippen LogP contribution in [0, 0.1) is 13.8 Å². The number of carbonyl (C=O) groups is 1. The lowest BCUT2D eigenvalue weighted by Crippen LogP contribution is -2.14. The molecule has 3 N–H and O–H groups in total. The van der Waals surface area contributed by atoms with Crippen molar-refractivity contribution in [3.05, 3.63) is 65.2 Å². The van der Waals surface area contributed by atoms with E-state index in [1.165, 1.54) is 18.2 Å². The monoisotopic (exact) mass is 330 g/mol. The Bertz CT molecular complexity index is 854. The number of anilines is 1. The minimum absolute atomic E-state index is 0.0408. The molecule has 0 aliphatic carbocycles. The first kappa shape index (κ1) is 16.9. The summed E-state index contributed by atoms with van der Waals surface area (Å²) in [6, 6.07) is 12.1. The molecule has 23 heavy (non-hydrogen) atoms. The molecule has 0 saturated carbocycles. The van der Waals surface area contributed by atoms with Crippen LogP contribution in [0.3, 0.4) is 0 Å². The lowest BCUT2D eigenvalue weighted by Gasteiger charge is -2.08. The maximum Gasteiger partial charge on any atom is 0.248 e. The van der Waals surface area contributed by atoms with Crippen molar-refractivity contribution in [2.24, 2.45) is 5.14 Å². The van der Waals surface area contributed by atoms with Gasteiger partial charge < -0.3 is 5.32 Å². The number of rotatable bonds is 4. The lowest BCUT2D eigenvalue weighted by molar-refractivity contribution is -0.111. The topological polar surface area (TPSA) is 89.3 Å². The first-order valence-electron chi connectivity index (χ1n) is 6.95. The van der Waals surface area contributed by atoms with E-state index >= 15 is 0 Å². The van der Waals surface area contributed by atoms with Crippen LogP contribution in [0.2, 0.25) is 0 Å². The van der Waals surface area contributed by atoms with Crippen LogP contribution in [0.5, 0.6) is 0 Å². The molecule has 0 saturated heterocycles. The van der Waals surface area contributed by atoms with E-state index < -0.39 is 10.0 Å². The summed E-state index contributed by atoms with van der Waals surface area (Å²) in [7, 11) is -3.81. The maximum absolute atomic E-state index is 12.0. The van der Waals surface area contributed by atoms with E-state index in [0.717, 1.165) is 16.7 Å². The highest BCUT2D eigenvalue weighted by Crippen LogP contribution is 2.19. The number of hydrogen-bond donors (Lipinski definition) is 2. The van der Waals surface area contributed by atoms with Gasteiger partial charge in [0.2, 0.25) is 15.9 Å². The van der Waals surface area contributed by atoms with E-state index in [-0.39, 0.29) is 10.8 Å². The number of nitrogens with two attached hydrogens (primary N) is 1. The van der Waals surface area contributed by atoms with Crippen LogP contribution in [0.1, 0.15) is 16.7 Å². The van der Waals surface area contributed by atoms with Crippen molar-refractivity contribution in [3.8, 4) is 0 Å². The number of nitrogens with one attached hydrogen (secondary N) is 1. The molecule has 0 fully saturated rings. The highest BCUT2D eigenvalue weighted by atomic mass is 32.2. The maximum atomic E-state index is 12.0. The number of primary sulfonamides is 1. The van der Waals surface area contributed by atoms with Crippen LogP contribution in [-0.4, -0.2) is 14.3 Å². The highest BCUT2D eigenvalue weighted by molar-refractivity contribution is 7.89. The standard InChI is InChI=1S/C17H18N2O3S/c1-12-3-6-14(7-4-12)8-10-17(20)19-16-11-15(23(18,21)22)9-5-13(16)2/h3-11H,1-2H3,(H,19,20)(H2,18,21,22)/b10-8+. The number of amides is 1. The van der Waals surface area contributed by atoms with Gasteiger partial charge in [0.1, 0.15) is 0 Å². The Balaban J connectivity index is 2.15. The van der Waals surface area contributed by atoms with E-state index in [9.17, 15) is 13.2 Å². The molecule has 0 bridgehead atoms. The third-order valence-corrected chi connectivity index (χ3v) is 4.21. The highest BCUT2D eigenvalue weighted by Gasteiger charge is 2.10. The van der Waals surface area contributed by atoms with Crippen LogP contribution < -0.4 is 10.5 Å². The van der Waals surface area contributed by atoms with E-state index in [2.05, 4.69) is 5.32 Å². The molecule has 0 spiro atoms. The molecule has 2 aromatic carbocycles. The number of benzene rings is 2. The molecule has 0 radical (unpaired) electrons. The van der Waals surface area contributed by atoms with Crippen molar-refractivity contribution in [1.82, 2.24) is 0 Å². The number of carbonyl (C=O) groups excluding carboxylic acids is 1. The second kappa shape index (κ2) is 6.76. The second-order valence-electron chi connectivity index (χ2n) is 5.26. The fourth-order valence-corrected chi connectivity index (χ4v) is 2.48. The van der Waals surface area contributed by atoms with E-state index in [4.69, 9.17) is 5.14 Å². The van der Waals surface area contributed by atoms with Crippen LogP contribution in [0.4, 0.5) is 5.69 Å². The van der Waals surface area contributed by atoms with Crippen molar-refractivity contribution >= 4 is 27.7 Å². The Morgan fingerprint density at radius 3 is 2.35 bits per heavy atom. The fraction of sp³-hybridized carbons (Fsp3) is 0.118. The summed E-state index contributed by atoms with van der Waals surface area (Å²) in [5.74, 6) is -0.347. The molecule has 0 aliphatic rings. The van der Waals surface area contributed by atoms with Gasteiger partial charge in [0.05, 0.1) is 4.90 Å². The minimum atomic E-state index is -3.81. The SMILES string of the molecule is Cc1ccc(/C=C/C(=O)Nc2cc(S(N)(=O)=O)ccc2C)cc1. The molecule has 1 amide bonds. The average molecular weight is 330 g/mol. The van der Waals surface area contributed by atoms with Crippen LogP contribution in [0.15, 0.2) is 53.4 Å². The third kappa shape index (κ3) is 4.77. The lowest BCUT2D eigenvalue weighted by atomic mass is 10.1. The van der Waals surface area contributed by atoms with Crippen molar-refractivity contribution in [3.63, 3.8) is 0 Å². The Labute approximate surface area is 135 Å². The van der Waals surface area contributed by atoms with Crippen molar-refractivity contribution in [2.75, 3.05) is 5.32 Å². The Kier molecular flexibility index (Phi) is 4.98. The minimum Gasteiger partial charge on any atom is -0.322 e. The zero-order chi connectivity index (χ0) is 17.0. The molecule has 0 unspecified atom stereocenters. The molecular weight excluding hydrogens is 312 g/mol. The van der Waals surface area contributed by atoms with Gasteiger partial charge in [-0.3, -0.25) is 4.79 Å². The summed E-state index contributed by atoms with van der Waals surface area (Å²) in [5.41, 5.74) is 3.20. The van der Waals surface area contributed by atoms with Gasteiger partial charge in [0, 0.05) is 11.8 Å². The largest absolute Gasteiger partial charge is 0.322 e.